The van der Waals surface area contributed by atoms with E-state index >= 15 is 0 Å². The van der Waals surface area contributed by atoms with Gasteiger partial charge in [0.1, 0.15) is 23.3 Å². The Labute approximate surface area is 115 Å². The predicted molar refractivity (Wildman–Crippen MR) is 70.3 cm³/mol. The number of carbonyl (C=O) groups is 1. The van der Waals surface area contributed by atoms with E-state index in [0.717, 1.165) is 0 Å². The fourth-order valence-corrected chi connectivity index (χ4v) is 1.67. The Morgan fingerprint density at radius 2 is 2.12 bits per heavy atom. The van der Waals surface area contributed by atoms with Gasteiger partial charge >= 0.3 is 0 Å². The van der Waals surface area contributed by atoms with Crippen molar-refractivity contribution in [2.75, 3.05) is 26.1 Å². The quantitative estimate of drug-likeness (QED) is 0.782. The SMILES string of the molecule is CN(CCOc1cccc(Cl)c1Cl)C(=O)CCl. The summed E-state index contributed by atoms with van der Waals surface area (Å²) in [7, 11) is 1.66. The number of hydrogen-bond donors (Lipinski definition) is 0. The summed E-state index contributed by atoms with van der Waals surface area (Å²) >= 11 is 17.2. The van der Waals surface area contributed by atoms with E-state index in [4.69, 9.17) is 39.5 Å². The van der Waals surface area contributed by atoms with E-state index in [2.05, 4.69) is 0 Å². The van der Waals surface area contributed by atoms with Crippen LogP contribution in [0.4, 0.5) is 0 Å². The lowest BCUT2D eigenvalue weighted by atomic mass is 10.3. The molecule has 17 heavy (non-hydrogen) atoms. The standard InChI is InChI=1S/C11H12Cl3NO2/c1-15(10(16)7-12)5-6-17-9-4-2-3-8(13)11(9)14/h2-4H,5-7H2,1H3. The van der Waals surface area contributed by atoms with Crippen LogP contribution in [0.15, 0.2) is 18.2 Å². The van der Waals surface area contributed by atoms with E-state index < -0.39 is 0 Å². The maximum absolute atomic E-state index is 11.2. The van der Waals surface area contributed by atoms with Gasteiger partial charge in [-0.3, -0.25) is 4.79 Å². The van der Waals surface area contributed by atoms with Gasteiger partial charge in [-0.15, -0.1) is 11.6 Å². The van der Waals surface area contributed by atoms with Crippen molar-refractivity contribution in [2.45, 2.75) is 0 Å². The smallest absolute Gasteiger partial charge is 0.237 e. The second-order valence-corrected chi connectivity index (χ2v) is 4.40. The number of hydrogen-bond acceptors (Lipinski definition) is 2. The van der Waals surface area contributed by atoms with Crippen molar-refractivity contribution >= 4 is 40.7 Å². The Balaban J connectivity index is 2.46. The molecule has 0 atom stereocenters. The number of nitrogens with zero attached hydrogens (tertiary/aromatic N) is 1. The molecule has 0 saturated carbocycles. The van der Waals surface area contributed by atoms with Crippen LogP contribution in [-0.2, 0) is 4.79 Å². The van der Waals surface area contributed by atoms with Crippen LogP contribution in [-0.4, -0.2) is 36.9 Å². The largest absolute Gasteiger partial charge is 0.490 e. The number of rotatable bonds is 5. The van der Waals surface area contributed by atoms with E-state index in [0.29, 0.717) is 28.9 Å². The van der Waals surface area contributed by atoms with Crippen LogP contribution in [0.1, 0.15) is 0 Å². The molecule has 0 aliphatic carbocycles. The fraction of sp³-hybridized carbons (Fsp3) is 0.364. The Bertz CT molecular complexity index is 398. The zero-order valence-corrected chi connectivity index (χ0v) is 11.5. The second kappa shape index (κ2) is 6.94. The molecule has 0 bridgehead atoms. The molecular formula is C11H12Cl3NO2. The third-order valence-electron chi connectivity index (χ3n) is 2.14. The number of carbonyl (C=O) groups excluding carboxylic acids is 1. The first-order chi connectivity index (χ1) is 8.06. The van der Waals surface area contributed by atoms with Crippen molar-refractivity contribution in [3.63, 3.8) is 0 Å². The fourth-order valence-electron chi connectivity index (χ4n) is 1.11. The maximum Gasteiger partial charge on any atom is 0.237 e. The first-order valence-corrected chi connectivity index (χ1v) is 6.22. The van der Waals surface area contributed by atoms with Crippen molar-refractivity contribution in [3.8, 4) is 5.75 Å². The van der Waals surface area contributed by atoms with Gasteiger partial charge < -0.3 is 9.64 Å². The van der Waals surface area contributed by atoms with Gasteiger partial charge in [0.2, 0.25) is 5.91 Å². The van der Waals surface area contributed by atoms with Crippen LogP contribution in [0.2, 0.25) is 10.0 Å². The third kappa shape index (κ3) is 4.26. The van der Waals surface area contributed by atoms with Crippen LogP contribution in [0.5, 0.6) is 5.75 Å². The van der Waals surface area contributed by atoms with Crippen LogP contribution < -0.4 is 4.74 Å². The molecule has 0 aromatic heterocycles. The van der Waals surface area contributed by atoms with Crippen LogP contribution >= 0.6 is 34.8 Å². The van der Waals surface area contributed by atoms with Gasteiger partial charge in [0.05, 0.1) is 11.6 Å². The highest BCUT2D eigenvalue weighted by molar-refractivity contribution is 6.42. The zero-order valence-electron chi connectivity index (χ0n) is 9.25. The molecule has 1 aromatic rings. The van der Waals surface area contributed by atoms with Gasteiger partial charge in [-0.05, 0) is 12.1 Å². The molecule has 0 aliphatic rings. The number of amides is 1. The minimum atomic E-state index is -0.146. The molecule has 0 spiro atoms. The normalized spacial score (nSPS) is 10.1. The molecule has 0 heterocycles. The molecule has 0 fully saturated rings. The monoisotopic (exact) mass is 295 g/mol. The molecule has 0 unspecified atom stereocenters. The van der Waals surface area contributed by atoms with Gasteiger partial charge in [-0.2, -0.15) is 0 Å². The molecule has 94 valence electrons. The minimum Gasteiger partial charge on any atom is -0.490 e. The van der Waals surface area contributed by atoms with E-state index in [-0.39, 0.29) is 11.8 Å². The topological polar surface area (TPSA) is 29.5 Å². The molecule has 0 N–H and O–H groups in total. The summed E-state index contributed by atoms with van der Waals surface area (Å²) in [6, 6.07) is 5.15. The molecule has 6 heteroatoms. The van der Waals surface area contributed by atoms with Crippen LogP contribution in [0.25, 0.3) is 0 Å². The summed E-state index contributed by atoms with van der Waals surface area (Å²) < 4.78 is 5.43. The van der Waals surface area contributed by atoms with E-state index in [9.17, 15) is 4.79 Å². The first-order valence-electron chi connectivity index (χ1n) is 4.93. The zero-order chi connectivity index (χ0) is 12.8. The van der Waals surface area contributed by atoms with E-state index in [1.807, 2.05) is 0 Å². The van der Waals surface area contributed by atoms with Crippen molar-refractivity contribution in [3.05, 3.63) is 28.2 Å². The summed E-state index contributed by atoms with van der Waals surface area (Å²) in [5.74, 6) is 0.326. The van der Waals surface area contributed by atoms with Crippen molar-refractivity contribution in [2.24, 2.45) is 0 Å². The molecule has 1 aromatic carbocycles. The second-order valence-electron chi connectivity index (χ2n) is 3.35. The maximum atomic E-state index is 11.2. The number of halogens is 3. The Morgan fingerprint density at radius 1 is 1.41 bits per heavy atom. The first kappa shape index (κ1) is 14.4. The molecule has 1 amide bonds. The highest BCUT2D eigenvalue weighted by Gasteiger charge is 2.08. The molecule has 0 radical (unpaired) electrons. The lowest BCUT2D eigenvalue weighted by molar-refractivity contribution is -0.127. The van der Waals surface area contributed by atoms with Crippen LogP contribution in [0.3, 0.4) is 0 Å². The average molecular weight is 297 g/mol. The average Bonchev–Trinajstić information content (AvgIpc) is 2.33. The van der Waals surface area contributed by atoms with Gasteiger partial charge in [0.15, 0.2) is 0 Å². The summed E-state index contributed by atoms with van der Waals surface area (Å²) in [6.45, 7) is 0.771. The summed E-state index contributed by atoms with van der Waals surface area (Å²) in [6.07, 6.45) is 0. The Kier molecular flexibility index (Phi) is 5.89. The van der Waals surface area contributed by atoms with E-state index in [1.165, 1.54) is 4.90 Å². The lowest BCUT2D eigenvalue weighted by Crippen LogP contribution is -2.31. The minimum absolute atomic E-state index is 0.0333. The highest BCUT2D eigenvalue weighted by atomic mass is 35.5. The van der Waals surface area contributed by atoms with Gasteiger partial charge in [0.25, 0.3) is 0 Å². The van der Waals surface area contributed by atoms with Crippen molar-refractivity contribution in [1.29, 1.82) is 0 Å². The number of ether oxygens (including phenoxy) is 1. The number of benzene rings is 1. The predicted octanol–water partition coefficient (Wildman–Crippen LogP) is 3.07. The van der Waals surface area contributed by atoms with Crippen LogP contribution in [0, 0.1) is 0 Å². The summed E-state index contributed by atoms with van der Waals surface area (Å²) in [5, 5.41) is 0.815. The Morgan fingerprint density at radius 3 is 2.76 bits per heavy atom. The highest BCUT2D eigenvalue weighted by Crippen LogP contribution is 2.31. The number of alkyl halides is 1. The molecular weight excluding hydrogens is 284 g/mol. The van der Waals surface area contributed by atoms with E-state index in [1.54, 1.807) is 25.2 Å². The summed E-state index contributed by atoms with van der Waals surface area (Å²) in [4.78, 5) is 12.7. The third-order valence-corrected chi connectivity index (χ3v) is 3.17. The summed E-state index contributed by atoms with van der Waals surface area (Å²) in [5.41, 5.74) is 0. The van der Waals surface area contributed by atoms with Gasteiger partial charge in [0, 0.05) is 7.05 Å². The molecule has 0 saturated heterocycles. The molecule has 1 rings (SSSR count). The molecule has 0 aliphatic heterocycles. The molecule has 3 nitrogen and oxygen atoms in total. The van der Waals surface area contributed by atoms with Gasteiger partial charge in [-0.25, -0.2) is 0 Å². The lowest BCUT2D eigenvalue weighted by Gasteiger charge is -2.16. The van der Waals surface area contributed by atoms with Crippen molar-refractivity contribution in [1.82, 2.24) is 4.90 Å². The Hall–Kier alpha value is -0.640. The van der Waals surface area contributed by atoms with Gasteiger partial charge in [-0.1, -0.05) is 29.3 Å². The van der Waals surface area contributed by atoms with Crippen molar-refractivity contribution < 1.29 is 9.53 Å². The number of likely N-dealkylation sites (N-methyl/N-ethyl adjacent to an activating group) is 1.